The van der Waals surface area contributed by atoms with Crippen LogP contribution in [0, 0.1) is 6.92 Å². The molecule has 48 heavy (non-hydrogen) atoms. The monoisotopic (exact) mass is 644 g/mol. The van der Waals surface area contributed by atoms with E-state index in [1.54, 1.807) is 12.1 Å². The number of amides is 1. The Morgan fingerprint density at radius 1 is 0.938 bits per heavy atom. The van der Waals surface area contributed by atoms with E-state index in [0.717, 1.165) is 22.3 Å². The van der Waals surface area contributed by atoms with Crippen LogP contribution in [0.2, 0.25) is 0 Å². The summed E-state index contributed by atoms with van der Waals surface area (Å²) < 4.78 is 12.4. The number of aryl methyl sites for hydroxylation is 1. The lowest BCUT2D eigenvalue weighted by atomic mass is 9.79. The molecule has 4 aromatic carbocycles. The van der Waals surface area contributed by atoms with Crippen molar-refractivity contribution in [3.63, 3.8) is 0 Å². The van der Waals surface area contributed by atoms with Gasteiger partial charge in [0.2, 0.25) is 5.90 Å². The Balaban J connectivity index is 1.64. The molecule has 1 amide bonds. The van der Waals surface area contributed by atoms with Crippen molar-refractivity contribution in [3.05, 3.63) is 157 Å². The summed E-state index contributed by atoms with van der Waals surface area (Å²) in [6.45, 7) is 2.81. The van der Waals surface area contributed by atoms with E-state index in [1.807, 2.05) is 91.9 Å². The van der Waals surface area contributed by atoms with Crippen molar-refractivity contribution in [2.24, 2.45) is 15.2 Å². The summed E-state index contributed by atoms with van der Waals surface area (Å²) in [6.07, 6.45) is -0.283. The number of hydrogen-bond donors (Lipinski definition) is 2. The van der Waals surface area contributed by atoms with Gasteiger partial charge in [-0.25, -0.2) is 4.99 Å². The van der Waals surface area contributed by atoms with E-state index in [0.29, 0.717) is 35.5 Å². The molecule has 0 bridgehead atoms. The molecule has 5 rings (SSSR count). The maximum Gasteiger partial charge on any atom is 0.252 e. The molecular weight excluding hydrogens is 608 g/mol. The van der Waals surface area contributed by atoms with Crippen LogP contribution in [0.1, 0.15) is 51.5 Å². The molecule has 12 nitrogen and oxygen atoms in total. The van der Waals surface area contributed by atoms with Crippen LogP contribution >= 0.6 is 0 Å². The maximum absolute atomic E-state index is 14.7. The second-order valence-corrected chi connectivity index (χ2v) is 11.4. The summed E-state index contributed by atoms with van der Waals surface area (Å²) >= 11 is 0. The first kappa shape index (κ1) is 33.6. The normalized spacial score (nSPS) is 16.5. The number of aliphatic hydroxyl groups is 1. The maximum atomic E-state index is 14.7. The molecule has 0 saturated carbocycles. The summed E-state index contributed by atoms with van der Waals surface area (Å²) in [7, 11) is 0. The van der Waals surface area contributed by atoms with Gasteiger partial charge in [-0.2, -0.15) is 0 Å². The number of aliphatic hydroxyl groups excluding tert-OH is 1. The molecule has 0 aliphatic carbocycles. The Labute approximate surface area is 278 Å². The number of carbonyl (C=O) groups is 1. The molecule has 1 aliphatic rings. The molecule has 0 fully saturated rings. The summed E-state index contributed by atoms with van der Waals surface area (Å²) in [5.74, 6) is 0.528. The van der Waals surface area contributed by atoms with Gasteiger partial charge in [-0.05, 0) is 70.1 Å². The topological polar surface area (TPSA) is 178 Å². The minimum atomic E-state index is -1.52. The third kappa shape index (κ3) is 7.94. The van der Waals surface area contributed by atoms with Gasteiger partial charge in [0.1, 0.15) is 5.75 Å². The van der Waals surface area contributed by atoms with Crippen LogP contribution in [0.25, 0.3) is 20.9 Å². The van der Waals surface area contributed by atoms with Crippen LogP contribution in [0.5, 0.6) is 5.75 Å². The fraction of sp³-hybridized carbons (Fsp3) is 0.278. The standard InChI is InChI=1S/C36H36N8O4/c1-25-8-6-9-26(20-25)22-39-35(46)36(21-28-10-2-3-11-29(28)23-40-43-37)33(32-13-5-4-12-30(32)24-41-44-38)48-34(42-36)27-14-16-31(17-15-27)47-19-7-18-45/h2-6,8-17,20,33,45H,7,18-19,21-24H2,1H3,(H,39,46)/t33-,36-/m1/s1. The van der Waals surface area contributed by atoms with Crippen LogP contribution in [0.4, 0.5) is 0 Å². The summed E-state index contributed by atoms with van der Waals surface area (Å²) in [5, 5.41) is 19.8. The number of nitrogens with one attached hydrogen (secondary N) is 1. The van der Waals surface area contributed by atoms with Gasteiger partial charge in [0.05, 0.1) is 19.7 Å². The van der Waals surface area contributed by atoms with E-state index in [2.05, 4.69) is 25.4 Å². The first-order chi connectivity index (χ1) is 23.5. The Morgan fingerprint density at radius 3 is 2.33 bits per heavy atom. The molecule has 244 valence electrons. The third-order valence-corrected chi connectivity index (χ3v) is 8.09. The van der Waals surface area contributed by atoms with Gasteiger partial charge in [-0.1, -0.05) is 88.6 Å². The lowest BCUT2D eigenvalue weighted by molar-refractivity contribution is -0.129. The molecule has 0 spiro atoms. The SMILES string of the molecule is Cc1cccc(CNC(=O)[C@]2(Cc3ccccc3CN=[N+]=[N-])N=C(c3ccc(OCCCO)cc3)O[C@@H]2c2ccccc2CN=[N+]=[N-])c1. The Kier molecular flexibility index (Phi) is 11.3. The highest BCUT2D eigenvalue weighted by molar-refractivity contribution is 6.01. The number of carbonyl (C=O) groups excluding carboxylic acids is 1. The predicted molar refractivity (Wildman–Crippen MR) is 182 cm³/mol. The average Bonchev–Trinajstić information content (AvgIpc) is 3.50. The van der Waals surface area contributed by atoms with E-state index < -0.39 is 11.6 Å². The molecule has 0 unspecified atom stereocenters. The fourth-order valence-electron chi connectivity index (χ4n) is 5.74. The molecule has 1 heterocycles. The molecular formula is C36H36N8O4. The highest BCUT2D eigenvalue weighted by Gasteiger charge is 2.54. The van der Waals surface area contributed by atoms with E-state index in [9.17, 15) is 4.79 Å². The second-order valence-electron chi connectivity index (χ2n) is 11.4. The number of azide groups is 2. The molecule has 2 N–H and O–H groups in total. The number of hydrogen-bond acceptors (Lipinski definition) is 7. The van der Waals surface area contributed by atoms with Crippen LogP contribution in [-0.2, 0) is 35.6 Å². The number of nitrogens with zero attached hydrogens (tertiary/aromatic N) is 7. The highest BCUT2D eigenvalue weighted by atomic mass is 16.5. The van der Waals surface area contributed by atoms with Crippen molar-refractivity contribution in [2.75, 3.05) is 13.2 Å². The van der Waals surface area contributed by atoms with Crippen molar-refractivity contribution in [3.8, 4) is 5.75 Å². The van der Waals surface area contributed by atoms with Crippen molar-refractivity contribution in [1.82, 2.24) is 5.32 Å². The first-order valence-electron chi connectivity index (χ1n) is 15.6. The van der Waals surface area contributed by atoms with Crippen LogP contribution < -0.4 is 10.1 Å². The lowest BCUT2D eigenvalue weighted by Gasteiger charge is -2.32. The van der Waals surface area contributed by atoms with Crippen LogP contribution in [-0.4, -0.2) is 35.7 Å². The zero-order chi connectivity index (χ0) is 33.8. The fourth-order valence-corrected chi connectivity index (χ4v) is 5.74. The zero-order valence-corrected chi connectivity index (χ0v) is 26.6. The Bertz CT molecular complexity index is 1870. The van der Waals surface area contributed by atoms with Crippen molar-refractivity contribution in [1.29, 1.82) is 0 Å². The van der Waals surface area contributed by atoms with Gasteiger partial charge in [-0.3, -0.25) is 4.79 Å². The minimum absolute atomic E-state index is 0.0330. The molecule has 0 saturated heterocycles. The van der Waals surface area contributed by atoms with Gasteiger partial charge in [-0.15, -0.1) is 0 Å². The average molecular weight is 645 g/mol. The van der Waals surface area contributed by atoms with Crippen molar-refractivity contribution >= 4 is 11.8 Å². The van der Waals surface area contributed by atoms with Crippen molar-refractivity contribution < 1.29 is 19.4 Å². The predicted octanol–water partition coefficient (Wildman–Crippen LogP) is 7.19. The molecule has 0 aromatic heterocycles. The highest BCUT2D eigenvalue weighted by Crippen LogP contribution is 2.44. The third-order valence-electron chi connectivity index (χ3n) is 8.09. The molecule has 0 radical (unpaired) electrons. The number of ether oxygens (including phenoxy) is 2. The quantitative estimate of drug-likeness (QED) is 0.0602. The van der Waals surface area contributed by atoms with Gasteiger partial charge >= 0.3 is 0 Å². The number of rotatable bonds is 15. The summed E-state index contributed by atoms with van der Waals surface area (Å²) in [4.78, 5) is 25.8. The molecule has 1 aliphatic heterocycles. The van der Waals surface area contributed by atoms with Crippen molar-refractivity contribution in [2.45, 2.75) is 51.0 Å². The van der Waals surface area contributed by atoms with E-state index in [-0.39, 0.29) is 44.5 Å². The second kappa shape index (κ2) is 16.2. The van der Waals surface area contributed by atoms with Crippen LogP contribution in [0.15, 0.2) is 112 Å². The van der Waals surface area contributed by atoms with Gasteiger partial charge in [0.25, 0.3) is 5.91 Å². The van der Waals surface area contributed by atoms with Gasteiger partial charge in [0, 0.05) is 41.4 Å². The number of benzene rings is 4. The summed E-state index contributed by atoms with van der Waals surface area (Å²) in [6, 6.07) is 30.0. The summed E-state index contributed by atoms with van der Waals surface area (Å²) in [5.41, 5.74) is 22.2. The van der Waals surface area contributed by atoms with Gasteiger partial charge in [0.15, 0.2) is 11.6 Å². The van der Waals surface area contributed by atoms with E-state index in [4.69, 9.17) is 30.6 Å². The largest absolute Gasteiger partial charge is 0.494 e. The number of aliphatic imine (C=N–C) groups is 1. The first-order valence-corrected chi connectivity index (χ1v) is 15.6. The minimum Gasteiger partial charge on any atom is -0.494 e. The molecule has 2 atom stereocenters. The van der Waals surface area contributed by atoms with E-state index in [1.165, 1.54) is 0 Å². The molecule has 12 heteroatoms. The lowest BCUT2D eigenvalue weighted by Crippen LogP contribution is -2.50. The smallest absolute Gasteiger partial charge is 0.252 e. The van der Waals surface area contributed by atoms with E-state index >= 15 is 0 Å². The Morgan fingerprint density at radius 2 is 1.62 bits per heavy atom. The Hall–Kier alpha value is -5.80. The van der Waals surface area contributed by atoms with Gasteiger partial charge < -0.3 is 19.9 Å². The zero-order valence-electron chi connectivity index (χ0n) is 26.6. The molecule has 4 aromatic rings. The van der Waals surface area contributed by atoms with Crippen LogP contribution in [0.3, 0.4) is 0 Å².